The van der Waals surface area contributed by atoms with Crippen LogP contribution in [0.15, 0.2) is 12.3 Å². The van der Waals surface area contributed by atoms with Gasteiger partial charge in [0.1, 0.15) is 0 Å². The van der Waals surface area contributed by atoms with Crippen LogP contribution in [0.1, 0.15) is 29.4 Å². The van der Waals surface area contributed by atoms with Crippen LogP contribution in [-0.2, 0) is 7.05 Å². The molecule has 5 nitrogen and oxygen atoms in total. The van der Waals surface area contributed by atoms with Crippen molar-refractivity contribution in [3.05, 3.63) is 23.5 Å². The number of aromatic nitrogens is 3. The van der Waals surface area contributed by atoms with Crippen molar-refractivity contribution in [1.82, 2.24) is 20.1 Å². The average Bonchev–Trinajstić information content (AvgIpc) is 2.61. The molecule has 2 heterocycles. The molecule has 1 amide bonds. The minimum atomic E-state index is -0.0792. The van der Waals surface area contributed by atoms with E-state index in [-0.39, 0.29) is 5.91 Å². The van der Waals surface area contributed by atoms with Crippen LogP contribution < -0.4 is 5.32 Å². The minimum Gasteiger partial charge on any atom is -0.352 e. The third kappa shape index (κ3) is 2.13. The van der Waals surface area contributed by atoms with E-state index in [4.69, 9.17) is 0 Å². The predicted molar refractivity (Wildman–Crippen MR) is 65.9 cm³/mol. The molecule has 0 aliphatic carbocycles. The molecule has 0 unspecified atom stereocenters. The second-order valence-electron chi connectivity index (χ2n) is 4.06. The van der Waals surface area contributed by atoms with Gasteiger partial charge in [-0.1, -0.05) is 6.92 Å². The lowest BCUT2D eigenvalue weighted by atomic mass is 10.2. The Bertz CT molecular complexity index is 559. The third-order valence-electron chi connectivity index (χ3n) is 2.66. The number of amides is 1. The van der Waals surface area contributed by atoms with Crippen LogP contribution >= 0.6 is 0 Å². The first-order valence-corrected chi connectivity index (χ1v) is 5.71. The second kappa shape index (κ2) is 4.53. The minimum absolute atomic E-state index is 0.0792. The second-order valence-corrected chi connectivity index (χ2v) is 4.06. The van der Waals surface area contributed by atoms with Gasteiger partial charge < -0.3 is 5.32 Å². The van der Waals surface area contributed by atoms with E-state index < -0.39 is 0 Å². The fourth-order valence-electron chi connectivity index (χ4n) is 1.77. The van der Waals surface area contributed by atoms with Gasteiger partial charge in [-0.2, -0.15) is 5.10 Å². The number of hydrogen-bond donors (Lipinski definition) is 1. The highest BCUT2D eigenvalue weighted by Gasteiger charge is 2.10. The summed E-state index contributed by atoms with van der Waals surface area (Å²) in [6, 6.07) is 1.84. The van der Waals surface area contributed by atoms with Crippen molar-refractivity contribution in [3.8, 4) is 0 Å². The van der Waals surface area contributed by atoms with Gasteiger partial charge >= 0.3 is 0 Å². The number of carbonyl (C=O) groups is 1. The van der Waals surface area contributed by atoms with Crippen LogP contribution in [0.3, 0.4) is 0 Å². The molecule has 0 radical (unpaired) electrons. The van der Waals surface area contributed by atoms with Gasteiger partial charge in [-0.3, -0.25) is 9.48 Å². The summed E-state index contributed by atoms with van der Waals surface area (Å²) in [7, 11) is 1.85. The average molecular weight is 232 g/mol. The van der Waals surface area contributed by atoms with E-state index in [1.807, 2.05) is 27.0 Å². The molecule has 90 valence electrons. The molecular weight excluding hydrogens is 216 g/mol. The van der Waals surface area contributed by atoms with Crippen molar-refractivity contribution in [2.45, 2.75) is 20.3 Å². The van der Waals surface area contributed by atoms with Crippen LogP contribution in [0.25, 0.3) is 11.0 Å². The maximum absolute atomic E-state index is 11.8. The summed E-state index contributed by atoms with van der Waals surface area (Å²) in [5.41, 5.74) is 2.27. The lowest BCUT2D eigenvalue weighted by Crippen LogP contribution is -2.24. The summed E-state index contributed by atoms with van der Waals surface area (Å²) in [6.07, 6.45) is 2.52. The Balaban J connectivity index is 2.37. The van der Waals surface area contributed by atoms with Gasteiger partial charge in [-0.05, 0) is 19.4 Å². The maximum atomic E-state index is 11.8. The quantitative estimate of drug-likeness (QED) is 0.870. The molecule has 2 aromatic heterocycles. The van der Waals surface area contributed by atoms with E-state index in [0.717, 1.165) is 23.1 Å². The van der Waals surface area contributed by atoms with E-state index in [0.29, 0.717) is 12.1 Å². The van der Waals surface area contributed by atoms with Crippen LogP contribution in [0.2, 0.25) is 0 Å². The van der Waals surface area contributed by atoms with E-state index in [1.165, 1.54) is 0 Å². The Morgan fingerprint density at radius 2 is 2.29 bits per heavy atom. The standard InChI is InChI=1S/C12H16N4O/c1-4-5-13-12(17)9-6-10-8(2)15-16(3)11(10)14-7-9/h6-7H,4-5H2,1-3H3,(H,13,17). The molecule has 2 aromatic rings. The Hall–Kier alpha value is -1.91. The van der Waals surface area contributed by atoms with Gasteiger partial charge in [-0.25, -0.2) is 4.98 Å². The summed E-state index contributed by atoms with van der Waals surface area (Å²) in [5.74, 6) is -0.0792. The summed E-state index contributed by atoms with van der Waals surface area (Å²) in [5, 5.41) is 8.04. The zero-order valence-electron chi connectivity index (χ0n) is 10.3. The third-order valence-corrected chi connectivity index (χ3v) is 2.66. The lowest BCUT2D eigenvalue weighted by Gasteiger charge is -2.03. The molecule has 0 aliphatic heterocycles. The molecule has 0 spiro atoms. The van der Waals surface area contributed by atoms with E-state index >= 15 is 0 Å². The molecule has 0 atom stereocenters. The molecule has 5 heteroatoms. The summed E-state index contributed by atoms with van der Waals surface area (Å²) in [4.78, 5) is 16.1. The highest BCUT2D eigenvalue weighted by atomic mass is 16.1. The molecule has 1 N–H and O–H groups in total. The molecule has 0 aromatic carbocycles. The Morgan fingerprint density at radius 3 is 3.00 bits per heavy atom. The molecule has 0 fully saturated rings. The molecule has 17 heavy (non-hydrogen) atoms. The number of pyridine rings is 1. The Morgan fingerprint density at radius 1 is 1.53 bits per heavy atom. The number of nitrogens with zero attached hydrogens (tertiary/aromatic N) is 3. The van der Waals surface area contributed by atoms with Crippen molar-refractivity contribution < 1.29 is 4.79 Å². The summed E-state index contributed by atoms with van der Waals surface area (Å²) >= 11 is 0. The van der Waals surface area contributed by atoms with Crippen molar-refractivity contribution in [2.24, 2.45) is 7.05 Å². The number of rotatable bonds is 3. The normalized spacial score (nSPS) is 10.8. The van der Waals surface area contributed by atoms with Gasteiger partial charge in [0.05, 0.1) is 11.3 Å². The topological polar surface area (TPSA) is 59.8 Å². The smallest absolute Gasteiger partial charge is 0.252 e. The monoisotopic (exact) mass is 232 g/mol. The Labute approximate surface area is 99.8 Å². The van der Waals surface area contributed by atoms with E-state index in [1.54, 1.807) is 10.9 Å². The van der Waals surface area contributed by atoms with Crippen molar-refractivity contribution >= 4 is 16.9 Å². The SMILES string of the molecule is CCCNC(=O)c1cnc2c(c1)c(C)nn2C. The van der Waals surface area contributed by atoms with Gasteiger partial charge in [-0.15, -0.1) is 0 Å². The number of nitrogens with one attached hydrogen (secondary N) is 1. The van der Waals surface area contributed by atoms with Crippen molar-refractivity contribution in [1.29, 1.82) is 0 Å². The maximum Gasteiger partial charge on any atom is 0.252 e. The van der Waals surface area contributed by atoms with Gasteiger partial charge in [0.2, 0.25) is 0 Å². The Kier molecular flexibility index (Phi) is 3.08. The van der Waals surface area contributed by atoms with Gasteiger partial charge in [0.15, 0.2) is 5.65 Å². The highest BCUT2D eigenvalue weighted by Crippen LogP contribution is 2.16. The van der Waals surface area contributed by atoms with Crippen LogP contribution in [-0.4, -0.2) is 27.2 Å². The fourth-order valence-corrected chi connectivity index (χ4v) is 1.77. The molecular formula is C12H16N4O. The number of carbonyl (C=O) groups excluding carboxylic acids is 1. The largest absolute Gasteiger partial charge is 0.352 e. The molecule has 0 bridgehead atoms. The predicted octanol–water partition coefficient (Wildman–Crippen LogP) is 1.42. The van der Waals surface area contributed by atoms with E-state index in [2.05, 4.69) is 15.4 Å². The zero-order valence-corrected chi connectivity index (χ0v) is 10.3. The van der Waals surface area contributed by atoms with Crippen molar-refractivity contribution in [2.75, 3.05) is 6.54 Å². The van der Waals surface area contributed by atoms with Gasteiger partial charge in [0.25, 0.3) is 5.91 Å². The molecule has 0 saturated carbocycles. The highest BCUT2D eigenvalue weighted by molar-refractivity contribution is 5.97. The van der Waals surface area contributed by atoms with Crippen LogP contribution in [0.5, 0.6) is 0 Å². The van der Waals surface area contributed by atoms with Crippen LogP contribution in [0, 0.1) is 6.92 Å². The number of aryl methyl sites for hydroxylation is 2. The first-order valence-electron chi connectivity index (χ1n) is 5.71. The number of hydrogen-bond acceptors (Lipinski definition) is 3. The fraction of sp³-hybridized carbons (Fsp3) is 0.417. The summed E-state index contributed by atoms with van der Waals surface area (Å²) < 4.78 is 1.72. The van der Waals surface area contributed by atoms with Gasteiger partial charge in [0, 0.05) is 25.2 Å². The van der Waals surface area contributed by atoms with Crippen molar-refractivity contribution in [3.63, 3.8) is 0 Å². The first-order chi connectivity index (χ1) is 8.13. The van der Waals surface area contributed by atoms with E-state index in [9.17, 15) is 4.79 Å². The zero-order chi connectivity index (χ0) is 12.4. The van der Waals surface area contributed by atoms with Crippen LogP contribution in [0.4, 0.5) is 0 Å². The summed E-state index contributed by atoms with van der Waals surface area (Å²) in [6.45, 7) is 4.62. The lowest BCUT2D eigenvalue weighted by molar-refractivity contribution is 0.0953. The first kappa shape index (κ1) is 11.6. The molecule has 2 rings (SSSR count). The number of fused-ring (bicyclic) bond motifs is 1. The molecule has 0 saturated heterocycles. The molecule has 0 aliphatic rings.